The number of hydrogen-bond donors (Lipinski definition) is 0. The van der Waals surface area contributed by atoms with Crippen LogP contribution in [0.4, 0.5) is 0 Å². The van der Waals surface area contributed by atoms with Gasteiger partial charge < -0.3 is 33.2 Å². The molecule has 3 atom stereocenters. The molecule has 0 radical (unpaired) electrons. The zero-order valence-electron chi connectivity index (χ0n) is 21.4. The summed E-state index contributed by atoms with van der Waals surface area (Å²) in [4.78, 5) is 12.9. The number of fused-ring (bicyclic) bond motifs is 2. The van der Waals surface area contributed by atoms with E-state index >= 15 is 0 Å². The molecule has 3 fully saturated rings. The highest BCUT2D eigenvalue weighted by Crippen LogP contribution is 2.43. The number of hydrogen-bond acceptors (Lipinski definition) is 8. The van der Waals surface area contributed by atoms with Crippen molar-refractivity contribution in [1.82, 2.24) is 0 Å². The van der Waals surface area contributed by atoms with Gasteiger partial charge in [0.2, 0.25) is 0 Å². The number of benzene rings is 3. The van der Waals surface area contributed by atoms with Gasteiger partial charge in [-0.25, -0.2) is 0 Å². The van der Waals surface area contributed by atoms with Crippen LogP contribution in [0.2, 0.25) is 0 Å². The second-order valence-corrected chi connectivity index (χ2v) is 10.5. The molecular formula is C29H32O8. The van der Waals surface area contributed by atoms with Crippen LogP contribution in [-0.4, -0.2) is 63.9 Å². The Hall–Kier alpha value is -3.07. The molecule has 0 aromatic heterocycles. The monoisotopic (exact) mass is 508 g/mol. The molecule has 0 saturated carbocycles. The first-order chi connectivity index (χ1) is 17.9. The fraction of sp³-hybridized carbons (Fsp3) is 0.483. The van der Waals surface area contributed by atoms with Crippen LogP contribution in [-0.2, 0) is 19.0 Å². The third-order valence-electron chi connectivity index (χ3n) is 7.06. The molecule has 3 aliphatic rings. The molecule has 0 bridgehead atoms. The minimum atomic E-state index is -0.610. The molecule has 37 heavy (non-hydrogen) atoms. The van der Waals surface area contributed by atoms with Crippen LogP contribution in [0.25, 0.3) is 21.5 Å². The zero-order chi connectivity index (χ0) is 25.6. The van der Waals surface area contributed by atoms with Gasteiger partial charge in [0, 0.05) is 22.2 Å². The predicted octanol–water partition coefficient (Wildman–Crippen LogP) is 4.67. The Kier molecular flexibility index (Phi) is 6.34. The molecule has 3 heterocycles. The third-order valence-corrected chi connectivity index (χ3v) is 7.06. The summed E-state index contributed by atoms with van der Waals surface area (Å²) in [6.45, 7) is 9.20. The Bertz CT molecular complexity index is 1320. The standard InChI is InChI=1S/C29H32O8/c1-4-29(2,3)28(30)37-19-9-25-24(26(10-19)35-15-21-13-33-21)7-17-5-6-18(31-11-20-12-32-20)8-23(17)27(25)36-16-22-14-34-22/h5-10,20-22H,4,11-16H2,1-3H3. The molecule has 3 aliphatic heterocycles. The number of ether oxygens (including phenoxy) is 7. The SMILES string of the molecule is CCC(C)(C)C(=O)Oc1cc(OCC2CO2)c2cc3ccc(OCC4CO4)cc3c(OCC3CO3)c2c1. The Balaban J connectivity index is 1.45. The lowest BCUT2D eigenvalue weighted by molar-refractivity contribution is -0.144. The van der Waals surface area contributed by atoms with Crippen molar-refractivity contribution in [2.45, 2.75) is 45.5 Å². The van der Waals surface area contributed by atoms with Gasteiger partial charge in [0.05, 0.1) is 25.2 Å². The van der Waals surface area contributed by atoms with Gasteiger partial charge in [0.1, 0.15) is 61.1 Å². The normalized spacial score (nSPS) is 22.1. The predicted molar refractivity (Wildman–Crippen MR) is 137 cm³/mol. The quantitative estimate of drug-likeness (QED) is 0.151. The van der Waals surface area contributed by atoms with Crippen molar-refractivity contribution in [1.29, 1.82) is 0 Å². The molecular weight excluding hydrogens is 476 g/mol. The summed E-state index contributed by atoms with van der Waals surface area (Å²) in [5.41, 5.74) is -0.610. The van der Waals surface area contributed by atoms with Gasteiger partial charge in [-0.1, -0.05) is 13.0 Å². The lowest BCUT2D eigenvalue weighted by Crippen LogP contribution is -2.28. The minimum absolute atomic E-state index is 0.0749. The summed E-state index contributed by atoms with van der Waals surface area (Å²) < 4.78 is 40.4. The molecule has 8 nitrogen and oxygen atoms in total. The van der Waals surface area contributed by atoms with E-state index in [-0.39, 0.29) is 24.3 Å². The highest BCUT2D eigenvalue weighted by molar-refractivity contribution is 6.08. The van der Waals surface area contributed by atoms with Crippen molar-refractivity contribution in [2.24, 2.45) is 5.41 Å². The Morgan fingerprint density at radius 1 is 0.811 bits per heavy atom. The molecule has 0 spiro atoms. The summed E-state index contributed by atoms with van der Waals surface area (Å²) in [5, 5.41) is 3.55. The first-order valence-electron chi connectivity index (χ1n) is 12.9. The first-order valence-corrected chi connectivity index (χ1v) is 12.9. The third kappa shape index (κ3) is 5.61. The first kappa shape index (κ1) is 24.3. The van der Waals surface area contributed by atoms with E-state index in [0.29, 0.717) is 56.7 Å². The van der Waals surface area contributed by atoms with Crippen molar-refractivity contribution in [3.63, 3.8) is 0 Å². The van der Waals surface area contributed by atoms with Crippen molar-refractivity contribution < 1.29 is 38.0 Å². The van der Waals surface area contributed by atoms with Crippen molar-refractivity contribution in [3.8, 4) is 23.0 Å². The van der Waals surface area contributed by atoms with Gasteiger partial charge in [0.25, 0.3) is 0 Å². The van der Waals surface area contributed by atoms with Crippen LogP contribution in [0.1, 0.15) is 27.2 Å². The Labute approximate surface area is 215 Å². The van der Waals surface area contributed by atoms with Crippen molar-refractivity contribution >= 4 is 27.5 Å². The second-order valence-electron chi connectivity index (χ2n) is 10.5. The maximum absolute atomic E-state index is 12.9. The zero-order valence-corrected chi connectivity index (χ0v) is 21.4. The molecule has 6 rings (SSSR count). The average Bonchev–Trinajstić information content (AvgIpc) is 3.75. The summed E-state index contributed by atoms with van der Waals surface area (Å²) >= 11 is 0. The average molecular weight is 509 g/mol. The molecule has 0 amide bonds. The van der Waals surface area contributed by atoms with Gasteiger partial charge in [-0.2, -0.15) is 0 Å². The Morgan fingerprint density at radius 2 is 1.43 bits per heavy atom. The summed E-state index contributed by atoms with van der Waals surface area (Å²) in [6.07, 6.45) is 0.982. The van der Waals surface area contributed by atoms with E-state index in [1.54, 1.807) is 6.07 Å². The van der Waals surface area contributed by atoms with E-state index in [2.05, 4.69) is 6.07 Å². The van der Waals surface area contributed by atoms with E-state index in [4.69, 9.17) is 33.2 Å². The van der Waals surface area contributed by atoms with Gasteiger partial charge in [-0.3, -0.25) is 4.79 Å². The highest BCUT2D eigenvalue weighted by Gasteiger charge is 2.30. The fourth-order valence-electron chi connectivity index (χ4n) is 3.95. The fourth-order valence-corrected chi connectivity index (χ4v) is 3.95. The molecule has 196 valence electrons. The van der Waals surface area contributed by atoms with E-state index in [1.807, 2.05) is 45.0 Å². The van der Waals surface area contributed by atoms with Gasteiger partial charge >= 0.3 is 5.97 Å². The summed E-state index contributed by atoms with van der Waals surface area (Å²) in [6, 6.07) is 11.7. The molecule has 8 heteroatoms. The maximum Gasteiger partial charge on any atom is 0.316 e. The highest BCUT2D eigenvalue weighted by atomic mass is 16.6. The molecule has 0 N–H and O–H groups in total. The van der Waals surface area contributed by atoms with Crippen LogP contribution < -0.4 is 18.9 Å². The van der Waals surface area contributed by atoms with E-state index < -0.39 is 5.41 Å². The minimum Gasteiger partial charge on any atom is -0.491 e. The van der Waals surface area contributed by atoms with E-state index in [0.717, 1.165) is 33.9 Å². The topological polar surface area (TPSA) is 91.6 Å². The molecule has 3 unspecified atom stereocenters. The molecule has 0 aliphatic carbocycles. The van der Waals surface area contributed by atoms with Crippen LogP contribution in [0.15, 0.2) is 36.4 Å². The van der Waals surface area contributed by atoms with Gasteiger partial charge in [0.15, 0.2) is 0 Å². The van der Waals surface area contributed by atoms with E-state index in [9.17, 15) is 4.79 Å². The maximum atomic E-state index is 12.9. The lowest BCUT2D eigenvalue weighted by Gasteiger charge is -2.21. The summed E-state index contributed by atoms with van der Waals surface area (Å²) in [5.74, 6) is 2.15. The van der Waals surface area contributed by atoms with Gasteiger partial charge in [-0.15, -0.1) is 0 Å². The van der Waals surface area contributed by atoms with Crippen LogP contribution >= 0.6 is 0 Å². The molecule has 3 aromatic carbocycles. The van der Waals surface area contributed by atoms with Crippen molar-refractivity contribution in [2.75, 3.05) is 39.6 Å². The second kappa shape index (κ2) is 9.67. The summed E-state index contributed by atoms with van der Waals surface area (Å²) in [7, 11) is 0. The Morgan fingerprint density at radius 3 is 2.08 bits per heavy atom. The largest absolute Gasteiger partial charge is 0.491 e. The number of rotatable bonds is 12. The van der Waals surface area contributed by atoms with Crippen LogP contribution in [0.5, 0.6) is 23.0 Å². The van der Waals surface area contributed by atoms with Gasteiger partial charge in [-0.05, 0) is 49.9 Å². The molecule has 3 aromatic rings. The lowest BCUT2D eigenvalue weighted by atomic mass is 9.91. The van der Waals surface area contributed by atoms with Crippen LogP contribution in [0, 0.1) is 5.41 Å². The van der Waals surface area contributed by atoms with Crippen LogP contribution in [0.3, 0.4) is 0 Å². The number of carbonyl (C=O) groups is 1. The van der Waals surface area contributed by atoms with E-state index in [1.165, 1.54) is 0 Å². The number of carbonyl (C=O) groups excluding carboxylic acids is 1. The smallest absolute Gasteiger partial charge is 0.316 e. The number of esters is 1. The van der Waals surface area contributed by atoms with Crippen molar-refractivity contribution in [3.05, 3.63) is 36.4 Å². The molecule has 3 saturated heterocycles. The number of epoxide rings is 3.